The fourth-order valence-corrected chi connectivity index (χ4v) is 2.08. The Morgan fingerprint density at radius 2 is 1.89 bits per heavy atom. The minimum atomic E-state index is -0.0618. The Labute approximate surface area is 125 Å². The smallest absolute Gasteiger partial charge is 0.163 e. The Balaban J connectivity index is 2.15. The quantitative estimate of drug-likeness (QED) is 0.742. The van der Waals surface area contributed by atoms with Crippen molar-refractivity contribution in [3.8, 4) is 5.75 Å². The Morgan fingerprint density at radius 3 is 2.53 bits per heavy atom. The molecule has 0 radical (unpaired) electrons. The normalized spacial score (nSPS) is 10.3. The molecule has 0 aliphatic heterocycles. The molecule has 0 N–H and O–H groups in total. The molecule has 0 aliphatic carbocycles. The number of hydrogen-bond acceptors (Lipinski definition) is 2. The number of Topliss-reactive ketones (excluding diaryl/α,β-unsaturated/α-hetero) is 1. The number of rotatable bonds is 4. The van der Waals surface area contributed by atoms with Gasteiger partial charge in [-0.25, -0.2) is 0 Å². The van der Waals surface area contributed by atoms with E-state index in [1.54, 1.807) is 18.2 Å². The van der Waals surface area contributed by atoms with Gasteiger partial charge in [0.15, 0.2) is 5.78 Å². The summed E-state index contributed by atoms with van der Waals surface area (Å²) in [5, 5.41) is 0.529. The highest BCUT2D eigenvalue weighted by atomic mass is 79.9. The third-order valence-electron chi connectivity index (χ3n) is 2.63. The van der Waals surface area contributed by atoms with Crippen molar-refractivity contribution in [3.05, 3.63) is 63.1 Å². The largest absolute Gasteiger partial charge is 0.488 e. The molecule has 2 rings (SSSR count). The predicted molar refractivity (Wildman–Crippen MR) is 79.9 cm³/mol. The molecule has 0 aromatic heterocycles. The van der Waals surface area contributed by atoms with Crippen molar-refractivity contribution < 1.29 is 9.53 Å². The number of carbonyl (C=O) groups is 1. The van der Waals surface area contributed by atoms with E-state index >= 15 is 0 Å². The molecule has 98 valence electrons. The monoisotopic (exact) mass is 338 g/mol. The highest BCUT2D eigenvalue weighted by molar-refractivity contribution is 9.10. The van der Waals surface area contributed by atoms with Crippen molar-refractivity contribution in [3.63, 3.8) is 0 Å². The standard InChI is InChI=1S/C15H12BrClO2/c1-10(18)14-8-13(17)6-7-15(14)19-9-11-2-4-12(16)5-3-11/h2-8H,9H2,1H3. The summed E-state index contributed by atoms with van der Waals surface area (Å²) in [7, 11) is 0. The third-order valence-corrected chi connectivity index (χ3v) is 3.39. The van der Waals surface area contributed by atoms with E-state index in [4.69, 9.17) is 16.3 Å². The van der Waals surface area contributed by atoms with Gasteiger partial charge in [0.05, 0.1) is 5.56 Å². The maximum Gasteiger partial charge on any atom is 0.163 e. The summed E-state index contributed by atoms with van der Waals surface area (Å²) in [6.45, 7) is 1.91. The average molecular weight is 340 g/mol. The molecule has 0 heterocycles. The van der Waals surface area contributed by atoms with Gasteiger partial charge in [0.25, 0.3) is 0 Å². The van der Waals surface area contributed by atoms with Crippen molar-refractivity contribution in [2.24, 2.45) is 0 Å². The van der Waals surface area contributed by atoms with E-state index in [1.807, 2.05) is 24.3 Å². The number of halogens is 2. The average Bonchev–Trinajstić information content (AvgIpc) is 2.39. The van der Waals surface area contributed by atoms with Crippen LogP contribution < -0.4 is 4.74 Å². The first-order chi connectivity index (χ1) is 9.06. The summed E-state index contributed by atoms with van der Waals surface area (Å²) in [6, 6.07) is 12.9. The van der Waals surface area contributed by atoms with E-state index in [0.717, 1.165) is 10.0 Å². The molecule has 0 unspecified atom stereocenters. The van der Waals surface area contributed by atoms with Crippen LogP contribution in [0.4, 0.5) is 0 Å². The molecular formula is C15H12BrClO2. The molecule has 0 saturated heterocycles. The van der Waals surface area contributed by atoms with Gasteiger partial charge in [0.2, 0.25) is 0 Å². The van der Waals surface area contributed by atoms with Gasteiger partial charge in [-0.1, -0.05) is 39.7 Å². The zero-order chi connectivity index (χ0) is 13.8. The van der Waals surface area contributed by atoms with Crippen LogP contribution in [0.3, 0.4) is 0 Å². The van der Waals surface area contributed by atoms with Crippen LogP contribution >= 0.6 is 27.5 Å². The van der Waals surface area contributed by atoms with Gasteiger partial charge in [-0.2, -0.15) is 0 Å². The predicted octanol–water partition coefficient (Wildman–Crippen LogP) is 4.88. The molecule has 0 saturated carbocycles. The first-order valence-electron chi connectivity index (χ1n) is 5.74. The van der Waals surface area contributed by atoms with Crippen LogP contribution in [0, 0.1) is 0 Å². The minimum absolute atomic E-state index is 0.0618. The van der Waals surface area contributed by atoms with E-state index in [-0.39, 0.29) is 5.78 Å². The van der Waals surface area contributed by atoms with Crippen molar-refractivity contribution in [1.29, 1.82) is 0 Å². The van der Waals surface area contributed by atoms with Crippen molar-refractivity contribution in [1.82, 2.24) is 0 Å². The summed E-state index contributed by atoms with van der Waals surface area (Å²) in [4.78, 5) is 11.5. The molecule has 0 bridgehead atoms. The molecule has 2 aromatic carbocycles. The molecule has 0 aliphatic rings. The fraction of sp³-hybridized carbons (Fsp3) is 0.133. The molecule has 4 heteroatoms. The summed E-state index contributed by atoms with van der Waals surface area (Å²) in [6.07, 6.45) is 0. The zero-order valence-electron chi connectivity index (χ0n) is 10.3. The van der Waals surface area contributed by atoms with Gasteiger partial charge >= 0.3 is 0 Å². The van der Waals surface area contributed by atoms with Gasteiger partial charge < -0.3 is 4.74 Å². The second-order valence-electron chi connectivity index (χ2n) is 4.11. The van der Waals surface area contributed by atoms with Crippen molar-refractivity contribution in [2.45, 2.75) is 13.5 Å². The molecule has 0 fully saturated rings. The summed E-state index contributed by atoms with van der Waals surface area (Å²) < 4.78 is 6.71. The lowest BCUT2D eigenvalue weighted by molar-refractivity contribution is 0.101. The molecule has 2 nitrogen and oxygen atoms in total. The van der Waals surface area contributed by atoms with E-state index in [2.05, 4.69) is 15.9 Å². The van der Waals surface area contributed by atoms with Gasteiger partial charge in [0.1, 0.15) is 12.4 Å². The van der Waals surface area contributed by atoms with E-state index in [0.29, 0.717) is 22.9 Å². The number of ketones is 1. The van der Waals surface area contributed by atoms with Gasteiger partial charge in [-0.15, -0.1) is 0 Å². The SMILES string of the molecule is CC(=O)c1cc(Cl)ccc1OCc1ccc(Br)cc1. The second kappa shape index (κ2) is 6.22. The molecule has 0 atom stereocenters. The van der Waals surface area contributed by atoms with Gasteiger partial charge in [-0.05, 0) is 42.8 Å². The van der Waals surface area contributed by atoms with Crippen LogP contribution in [-0.2, 0) is 6.61 Å². The summed E-state index contributed by atoms with van der Waals surface area (Å²) >= 11 is 9.26. The van der Waals surface area contributed by atoms with E-state index < -0.39 is 0 Å². The Morgan fingerprint density at radius 1 is 1.21 bits per heavy atom. The number of carbonyl (C=O) groups excluding carboxylic acids is 1. The Hall–Kier alpha value is -1.32. The maximum absolute atomic E-state index is 11.5. The highest BCUT2D eigenvalue weighted by Gasteiger charge is 2.09. The number of hydrogen-bond donors (Lipinski definition) is 0. The Bertz CT molecular complexity index is 594. The molecule has 2 aromatic rings. The van der Waals surface area contributed by atoms with Crippen LogP contribution in [-0.4, -0.2) is 5.78 Å². The topological polar surface area (TPSA) is 26.3 Å². The molecule has 0 amide bonds. The lowest BCUT2D eigenvalue weighted by atomic mass is 10.1. The zero-order valence-corrected chi connectivity index (χ0v) is 12.7. The second-order valence-corrected chi connectivity index (χ2v) is 5.46. The van der Waals surface area contributed by atoms with Crippen LogP contribution in [0.25, 0.3) is 0 Å². The molecular weight excluding hydrogens is 328 g/mol. The minimum Gasteiger partial charge on any atom is -0.488 e. The summed E-state index contributed by atoms with van der Waals surface area (Å²) in [5.41, 5.74) is 1.54. The lowest BCUT2D eigenvalue weighted by Gasteiger charge is -2.10. The van der Waals surface area contributed by atoms with E-state index in [1.165, 1.54) is 6.92 Å². The first-order valence-corrected chi connectivity index (χ1v) is 6.91. The van der Waals surface area contributed by atoms with Crippen LogP contribution in [0.1, 0.15) is 22.8 Å². The van der Waals surface area contributed by atoms with Crippen LogP contribution in [0.2, 0.25) is 5.02 Å². The number of benzene rings is 2. The third kappa shape index (κ3) is 3.82. The number of ether oxygens (including phenoxy) is 1. The van der Waals surface area contributed by atoms with Crippen LogP contribution in [0.15, 0.2) is 46.9 Å². The maximum atomic E-state index is 11.5. The lowest BCUT2D eigenvalue weighted by Crippen LogP contribution is -2.01. The van der Waals surface area contributed by atoms with Crippen molar-refractivity contribution >= 4 is 33.3 Å². The van der Waals surface area contributed by atoms with Gasteiger partial charge in [-0.3, -0.25) is 4.79 Å². The molecule has 0 spiro atoms. The first kappa shape index (κ1) is 14.1. The molecule has 19 heavy (non-hydrogen) atoms. The fourth-order valence-electron chi connectivity index (χ4n) is 1.64. The Kier molecular flexibility index (Phi) is 4.61. The van der Waals surface area contributed by atoms with E-state index in [9.17, 15) is 4.79 Å². The summed E-state index contributed by atoms with van der Waals surface area (Å²) in [5.74, 6) is 0.494. The van der Waals surface area contributed by atoms with Gasteiger partial charge in [0, 0.05) is 9.50 Å². The van der Waals surface area contributed by atoms with Crippen molar-refractivity contribution in [2.75, 3.05) is 0 Å². The highest BCUT2D eigenvalue weighted by Crippen LogP contribution is 2.24. The van der Waals surface area contributed by atoms with Crippen LogP contribution in [0.5, 0.6) is 5.75 Å².